The number of esters is 1. The van der Waals surface area contributed by atoms with Gasteiger partial charge in [-0.15, -0.1) is 0 Å². The lowest BCUT2D eigenvalue weighted by Crippen LogP contribution is -2.26. The molecule has 0 spiro atoms. The average Bonchev–Trinajstić information content (AvgIpc) is 2.61. The van der Waals surface area contributed by atoms with Crippen LogP contribution in [0.3, 0.4) is 0 Å². The molecule has 2 heterocycles. The summed E-state index contributed by atoms with van der Waals surface area (Å²) in [7, 11) is 0. The highest BCUT2D eigenvalue weighted by molar-refractivity contribution is 5.71. The molecule has 0 radical (unpaired) electrons. The van der Waals surface area contributed by atoms with Crippen molar-refractivity contribution in [3.63, 3.8) is 0 Å². The molecule has 0 unspecified atom stereocenters. The van der Waals surface area contributed by atoms with Crippen LogP contribution in [0.5, 0.6) is 5.75 Å². The molecule has 0 N–H and O–H groups in total. The molecule has 0 saturated heterocycles. The molecule has 27 heavy (non-hydrogen) atoms. The standard InChI is InChI=1S/C22H24N2O3/c1-5-26-21(25)12-18-14-23-17(13-24-18)7-6-16-11-19-20(10-15(16)2)27-9-8-22(19,3)4/h10-11,13-14H,5,8-9,12H2,1-4H3. The molecule has 5 nitrogen and oxygen atoms in total. The van der Waals surface area contributed by atoms with E-state index >= 15 is 0 Å². The molecule has 0 fully saturated rings. The first-order valence-electron chi connectivity index (χ1n) is 9.15. The van der Waals surface area contributed by atoms with E-state index < -0.39 is 0 Å². The lowest BCUT2D eigenvalue weighted by molar-refractivity contribution is -0.142. The zero-order valence-corrected chi connectivity index (χ0v) is 16.3. The molecular formula is C22H24N2O3. The number of hydrogen-bond acceptors (Lipinski definition) is 5. The summed E-state index contributed by atoms with van der Waals surface area (Å²) in [5.41, 5.74) is 4.44. The predicted molar refractivity (Wildman–Crippen MR) is 103 cm³/mol. The van der Waals surface area contributed by atoms with Crippen LogP contribution in [0.15, 0.2) is 24.5 Å². The number of nitrogens with zero attached hydrogens (tertiary/aromatic N) is 2. The Labute approximate surface area is 160 Å². The van der Waals surface area contributed by atoms with E-state index in [9.17, 15) is 4.79 Å². The Morgan fingerprint density at radius 2 is 2.07 bits per heavy atom. The molecule has 1 aromatic heterocycles. The molecule has 1 aliphatic heterocycles. The van der Waals surface area contributed by atoms with Gasteiger partial charge in [-0.2, -0.15) is 0 Å². The predicted octanol–water partition coefficient (Wildman–Crippen LogP) is 3.35. The molecule has 2 aromatic rings. The van der Waals surface area contributed by atoms with Gasteiger partial charge in [0.25, 0.3) is 0 Å². The van der Waals surface area contributed by atoms with Crippen LogP contribution in [0, 0.1) is 18.8 Å². The summed E-state index contributed by atoms with van der Waals surface area (Å²) in [5, 5.41) is 0. The normalized spacial score (nSPS) is 14.4. The van der Waals surface area contributed by atoms with E-state index in [1.807, 2.05) is 6.92 Å². The molecular weight excluding hydrogens is 340 g/mol. The van der Waals surface area contributed by atoms with E-state index in [-0.39, 0.29) is 17.8 Å². The Balaban J connectivity index is 1.81. The molecule has 0 aliphatic carbocycles. The summed E-state index contributed by atoms with van der Waals surface area (Å²) in [5.74, 6) is 6.91. The Bertz CT molecular complexity index is 906. The molecule has 0 amide bonds. The lowest BCUT2D eigenvalue weighted by atomic mass is 9.78. The summed E-state index contributed by atoms with van der Waals surface area (Å²) in [6.45, 7) is 9.38. The Kier molecular flexibility index (Phi) is 5.46. The second-order valence-electron chi connectivity index (χ2n) is 7.27. The van der Waals surface area contributed by atoms with E-state index in [1.165, 1.54) is 5.56 Å². The number of ether oxygens (including phenoxy) is 2. The third kappa shape index (κ3) is 4.46. The molecule has 5 heteroatoms. The minimum Gasteiger partial charge on any atom is -0.493 e. The Morgan fingerprint density at radius 1 is 1.26 bits per heavy atom. The van der Waals surface area contributed by atoms with Crippen LogP contribution in [0.1, 0.15) is 55.3 Å². The number of hydrogen-bond donors (Lipinski definition) is 0. The Hall–Kier alpha value is -2.87. The van der Waals surface area contributed by atoms with Crippen LogP contribution in [-0.4, -0.2) is 29.2 Å². The number of carbonyl (C=O) groups is 1. The third-order valence-corrected chi connectivity index (χ3v) is 4.70. The van der Waals surface area contributed by atoms with Gasteiger partial charge in [0.15, 0.2) is 0 Å². The van der Waals surface area contributed by atoms with Gasteiger partial charge in [-0.25, -0.2) is 4.98 Å². The summed E-state index contributed by atoms with van der Waals surface area (Å²) in [6.07, 6.45) is 4.26. The maximum atomic E-state index is 11.5. The van der Waals surface area contributed by atoms with Gasteiger partial charge in [0.2, 0.25) is 0 Å². The van der Waals surface area contributed by atoms with Crippen molar-refractivity contribution < 1.29 is 14.3 Å². The minimum absolute atomic E-state index is 0.0757. The fourth-order valence-electron chi connectivity index (χ4n) is 3.02. The number of carbonyl (C=O) groups excluding carboxylic acids is 1. The van der Waals surface area contributed by atoms with Crippen LogP contribution in [0.2, 0.25) is 0 Å². The van der Waals surface area contributed by atoms with E-state index in [1.54, 1.807) is 19.3 Å². The van der Waals surface area contributed by atoms with Gasteiger partial charge in [0, 0.05) is 11.1 Å². The van der Waals surface area contributed by atoms with Crippen molar-refractivity contribution in [3.8, 4) is 17.6 Å². The van der Waals surface area contributed by atoms with Gasteiger partial charge in [0.1, 0.15) is 11.4 Å². The zero-order valence-electron chi connectivity index (χ0n) is 16.3. The second-order valence-corrected chi connectivity index (χ2v) is 7.27. The van der Waals surface area contributed by atoms with Gasteiger partial charge in [-0.05, 0) is 49.3 Å². The lowest BCUT2D eigenvalue weighted by Gasteiger charge is -2.33. The fraction of sp³-hybridized carbons (Fsp3) is 0.409. The highest BCUT2D eigenvalue weighted by Gasteiger charge is 2.29. The fourth-order valence-corrected chi connectivity index (χ4v) is 3.02. The van der Waals surface area contributed by atoms with Crippen molar-refractivity contribution in [2.24, 2.45) is 0 Å². The van der Waals surface area contributed by atoms with E-state index in [2.05, 4.69) is 47.8 Å². The number of fused-ring (bicyclic) bond motifs is 1. The largest absolute Gasteiger partial charge is 0.493 e. The van der Waals surface area contributed by atoms with Crippen molar-refractivity contribution in [1.29, 1.82) is 0 Å². The molecule has 0 atom stereocenters. The van der Waals surface area contributed by atoms with Gasteiger partial charge in [0.05, 0.1) is 37.7 Å². The summed E-state index contributed by atoms with van der Waals surface area (Å²) >= 11 is 0. The van der Waals surface area contributed by atoms with Gasteiger partial charge < -0.3 is 9.47 Å². The number of aryl methyl sites for hydroxylation is 1. The molecule has 1 aliphatic rings. The SMILES string of the molecule is CCOC(=O)Cc1cnc(C#Cc2cc3c(cc2C)OCCC3(C)C)cn1. The summed E-state index contributed by atoms with van der Waals surface area (Å²) in [4.78, 5) is 20.0. The number of rotatable bonds is 3. The first-order valence-corrected chi connectivity index (χ1v) is 9.15. The van der Waals surface area contributed by atoms with E-state index in [4.69, 9.17) is 9.47 Å². The third-order valence-electron chi connectivity index (χ3n) is 4.70. The Morgan fingerprint density at radius 3 is 2.78 bits per heavy atom. The van der Waals surface area contributed by atoms with Crippen molar-refractivity contribution in [2.45, 2.75) is 46.0 Å². The number of aromatic nitrogens is 2. The monoisotopic (exact) mass is 364 g/mol. The van der Waals surface area contributed by atoms with Gasteiger partial charge >= 0.3 is 5.97 Å². The quantitative estimate of drug-likeness (QED) is 0.617. The maximum Gasteiger partial charge on any atom is 0.311 e. The van der Waals surface area contributed by atoms with Crippen molar-refractivity contribution in [1.82, 2.24) is 9.97 Å². The molecule has 140 valence electrons. The van der Waals surface area contributed by atoms with Crippen LogP contribution < -0.4 is 4.74 Å². The molecule has 3 rings (SSSR count). The molecule has 1 aromatic carbocycles. The topological polar surface area (TPSA) is 61.3 Å². The smallest absolute Gasteiger partial charge is 0.311 e. The van der Waals surface area contributed by atoms with E-state index in [0.717, 1.165) is 29.9 Å². The highest BCUT2D eigenvalue weighted by atomic mass is 16.5. The van der Waals surface area contributed by atoms with Crippen LogP contribution in [-0.2, 0) is 21.4 Å². The highest BCUT2D eigenvalue weighted by Crippen LogP contribution is 2.39. The first-order chi connectivity index (χ1) is 12.9. The van der Waals surface area contributed by atoms with Crippen molar-refractivity contribution in [3.05, 3.63) is 52.6 Å². The molecule has 0 saturated carbocycles. The van der Waals surface area contributed by atoms with Crippen LogP contribution in [0.25, 0.3) is 0 Å². The minimum atomic E-state index is -0.305. The first kappa shape index (κ1) is 18.9. The summed E-state index contributed by atoms with van der Waals surface area (Å²) in [6, 6.07) is 4.19. The number of benzene rings is 1. The molecule has 0 bridgehead atoms. The van der Waals surface area contributed by atoms with Gasteiger partial charge in [-0.3, -0.25) is 9.78 Å². The average molecular weight is 364 g/mol. The van der Waals surface area contributed by atoms with Gasteiger partial charge in [-0.1, -0.05) is 19.8 Å². The van der Waals surface area contributed by atoms with Crippen molar-refractivity contribution >= 4 is 5.97 Å². The second kappa shape index (κ2) is 7.79. The van der Waals surface area contributed by atoms with Crippen LogP contribution >= 0.6 is 0 Å². The van der Waals surface area contributed by atoms with Crippen LogP contribution in [0.4, 0.5) is 0 Å². The zero-order chi connectivity index (χ0) is 19.4. The van der Waals surface area contributed by atoms with E-state index in [0.29, 0.717) is 18.0 Å². The maximum absolute atomic E-state index is 11.5. The summed E-state index contributed by atoms with van der Waals surface area (Å²) < 4.78 is 10.7. The van der Waals surface area contributed by atoms with Crippen molar-refractivity contribution in [2.75, 3.05) is 13.2 Å².